The van der Waals surface area contributed by atoms with E-state index in [0.29, 0.717) is 61.1 Å². The molecule has 4 heterocycles. The van der Waals surface area contributed by atoms with E-state index < -0.39 is 17.7 Å². The number of aryl methyl sites for hydroxylation is 2. The van der Waals surface area contributed by atoms with Crippen molar-refractivity contribution in [3.05, 3.63) is 70.7 Å². The molecule has 3 aromatic rings. The van der Waals surface area contributed by atoms with Crippen molar-refractivity contribution < 1.29 is 24.2 Å². The van der Waals surface area contributed by atoms with Crippen LogP contribution < -0.4 is 4.74 Å². The Hall–Kier alpha value is -3.69. The zero-order valence-electron chi connectivity index (χ0n) is 22.1. The van der Waals surface area contributed by atoms with E-state index in [4.69, 9.17) is 9.47 Å². The van der Waals surface area contributed by atoms with Crippen molar-refractivity contribution >= 4 is 23.1 Å². The molecular weight excluding hydrogens is 484 g/mol. The minimum absolute atomic E-state index is 0.0548. The number of hydrogen-bond acceptors (Lipinski definition) is 7. The maximum atomic E-state index is 13.5. The molecule has 1 amide bonds. The molecule has 9 nitrogen and oxygen atoms in total. The standard InChI is InChI=1S/C29H34N4O5/c1-4-38-22-10-5-9-21(18-22)25-23(26(34)24-20(3)32-12-6-8-19(2)28(32)30-24)27(35)29(36)33(25)13-7-11-31-14-16-37-17-15-31/h5-6,8-10,12,18,25,34H,4,7,11,13-17H2,1-3H3. The van der Waals surface area contributed by atoms with Crippen molar-refractivity contribution in [2.45, 2.75) is 33.2 Å². The fourth-order valence-corrected chi connectivity index (χ4v) is 5.36. The van der Waals surface area contributed by atoms with E-state index in [2.05, 4.69) is 9.88 Å². The number of benzene rings is 1. The molecule has 0 bridgehead atoms. The maximum absolute atomic E-state index is 13.5. The highest BCUT2D eigenvalue weighted by Gasteiger charge is 2.46. The molecule has 0 radical (unpaired) electrons. The van der Waals surface area contributed by atoms with Gasteiger partial charge in [0.15, 0.2) is 5.76 Å². The first-order chi connectivity index (χ1) is 18.4. The van der Waals surface area contributed by atoms with Gasteiger partial charge in [-0.1, -0.05) is 18.2 Å². The molecule has 0 spiro atoms. The third-order valence-corrected chi connectivity index (χ3v) is 7.31. The molecule has 200 valence electrons. The summed E-state index contributed by atoms with van der Waals surface area (Å²) in [5.74, 6) is -0.929. The number of aliphatic hydroxyl groups excluding tert-OH is 1. The van der Waals surface area contributed by atoms with Crippen LogP contribution in [-0.2, 0) is 14.3 Å². The molecule has 1 aromatic carbocycles. The summed E-state index contributed by atoms with van der Waals surface area (Å²) in [4.78, 5) is 35.4. The van der Waals surface area contributed by atoms with Crippen molar-refractivity contribution in [3.8, 4) is 5.75 Å². The van der Waals surface area contributed by atoms with Gasteiger partial charge in [0, 0.05) is 32.4 Å². The SMILES string of the molecule is CCOc1cccc(C2C(=C(O)c3nc4c(C)cccn4c3C)C(=O)C(=O)N2CCCN2CCOCC2)c1. The van der Waals surface area contributed by atoms with Crippen LogP contribution in [0.15, 0.2) is 48.2 Å². The fraction of sp³-hybridized carbons (Fsp3) is 0.414. The lowest BCUT2D eigenvalue weighted by molar-refractivity contribution is -0.140. The van der Waals surface area contributed by atoms with E-state index >= 15 is 0 Å². The number of ether oxygens (including phenoxy) is 2. The van der Waals surface area contributed by atoms with Crippen LogP contribution in [0, 0.1) is 13.8 Å². The quantitative estimate of drug-likeness (QED) is 0.277. The van der Waals surface area contributed by atoms with Gasteiger partial charge in [0.05, 0.1) is 37.1 Å². The lowest BCUT2D eigenvalue weighted by Gasteiger charge is -2.29. The smallest absolute Gasteiger partial charge is 0.295 e. The largest absolute Gasteiger partial charge is 0.505 e. The average Bonchev–Trinajstić information content (AvgIpc) is 3.39. The number of carbonyl (C=O) groups excluding carboxylic acids is 2. The summed E-state index contributed by atoms with van der Waals surface area (Å²) >= 11 is 0. The minimum atomic E-state index is -0.745. The summed E-state index contributed by atoms with van der Waals surface area (Å²) in [5, 5.41) is 11.6. The molecule has 1 unspecified atom stereocenters. The number of likely N-dealkylation sites (tertiary alicyclic amines) is 1. The van der Waals surface area contributed by atoms with Crippen LogP contribution in [0.4, 0.5) is 0 Å². The van der Waals surface area contributed by atoms with Crippen LogP contribution in [0.5, 0.6) is 5.75 Å². The summed E-state index contributed by atoms with van der Waals surface area (Å²) in [6, 6.07) is 10.5. The van der Waals surface area contributed by atoms with Gasteiger partial charge in [-0.2, -0.15) is 0 Å². The van der Waals surface area contributed by atoms with Crippen LogP contribution in [-0.4, -0.2) is 82.0 Å². The Bertz CT molecular complexity index is 1390. The molecule has 2 aromatic heterocycles. The van der Waals surface area contributed by atoms with Gasteiger partial charge in [-0.25, -0.2) is 4.98 Å². The Kier molecular flexibility index (Phi) is 7.49. The van der Waals surface area contributed by atoms with Gasteiger partial charge in [0.25, 0.3) is 11.7 Å². The number of morpholine rings is 1. The number of fused-ring (bicyclic) bond motifs is 1. The highest BCUT2D eigenvalue weighted by atomic mass is 16.5. The van der Waals surface area contributed by atoms with Gasteiger partial charge in [-0.05, 0) is 56.5 Å². The lowest BCUT2D eigenvalue weighted by atomic mass is 9.96. The number of Topliss-reactive ketones (excluding diaryl/α,β-unsaturated/α-hetero) is 1. The highest BCUT2D eigenvalue weighted by Crippen LogP contribution is 2.40. The lowest BCUT2D eigenvalue weighted by Crippen LogP contribution is -2.38. The predicted molar refractivity (Wildman–Crippen MR) is 143 cm³/mol. The molecule has 5 rings (SSSR count). The summed E-state index contributed by atoms with van der Waals surface area (Å²) in [6.07, 6.45) is 2.57. The topological polar surface area (TPSA) is 96.6 Å². The van der Waals surface area contributed by atoms with Gasteiger partial charge in [0.2, 0.25) is 0 Å². The number of hydrogen-bond donors (Lipinski definition) is 1. The predicted octanol–water partition coefficient (Wildman–Crippen LogP) is 3.49. The van der Waals surface area contributed by atoms with Gasteiger partial charge in [-0.15, -0.1) is 0 Å². The van der Waals surface area contributed by atoms with Gasteiger partial charge >= 0.3 is 0 Å². The maximum Gasteiger partial charge on any atom is 0.295 e. The molecule has 2 fully saturated rings. The third-order valence-electron chi connectivity index (χ3n) is 7.31. The molecular formula is C29H34N4O5. The second-order valence-electron chi connectivity index (χ2n) is 9.74. The van der Waals surface area contributed by atoms with Crippen LogP contribution >= 0.6 is 0 Å². The first-order valence-corrected chi connectivity index (χ1v) is 13.2. The Morgan fingerprint density at radius 3 is 2.66 bits per heavy atom. The number of aromatic nitrogens is 2. The molecule has 2 aliphatic heterocycles. The Balaban J connectivity index is 1.56. The number of pyridine rings is 1. The summed E-state index contributed by atoms with van der Waals surface area (Å²) in [5.41, 5.74) is 3.40. The van der Waals surface area contributed by atoms with Gasteiger partial charge < -0.3 is 23.9 Å². The van der Waals surface area contributed by atoms with Crippen LogP contribution in [0.2, 0.25) is 0 Å². The summed E-state index contributed by atoms with van der Waals surface area (Å²) in [6.45, 7) is 10.5. The first-order valence-electron chi connectivity index (χ1n) is 13.2. The van der Waals surface area contributed by atoms with E-state index in [-0.39, 0.29) is 11.3 Å². The molecule has 1 atom stereocenters. The van der Waals surface area contributed by atoms with Crippen LogP contribution in [0.3, 0.4) is 0 Å². The first kappa shape index (κ1) is 25.9. The Labute approximate surface area is 222 Å². The van der Waals surface area contributed by atoms with Crippen molar-refractivity contribution in [2.24, 2.45) is 0 Å². The second kappa shape index (κ2) is 11.0. The molecule has 0 saturated carbocycles. The Morgan fingerprint density at radius 1 is 1.13 bits per heavy atom. The number of carbonyl (C=O) groups is 2. The minimum Gasteiger partial charge on any atom is -0.505 e. The molecule has 0 aliphatic carbocycles. The Morgan fingerprint density at radius 2 is 1.92 bits per heavy atom. The van der Waals surface area contributed by atoms with E-state index in [1.165, 1.54) is 0 Å². The van der Waals surface area contributed by atoms with Crippen LogP contribution in [0.1, 0.15) is 41.9 Å². The number of imidazole rings is 1. The number of amides is 1. The van der Waals surface area contributed by atoms with E-state index in [1.807, 2.05) is 67.8 Å². The zero-order valence-corrected chi connectivity index (χ0v) is 22.1. The molecule has 9 heteroatoms. The zero-order chi connectivity index (χ0) is 26.8. The number of aliphatic hydroxyl groups is 1. The molecule has 2 saturated heterocycles. The third kappa shape index (κ3) is 4.79. The second-order valence-corrected chi connectivity index (χ2v) is 9.74. The molecule has 2 aliphatic rings. The average molecular weight is 519 g/mol. The van der Waals surface area contributed by atoms with Gasteiger partial charge in [-0.3, -0.25) is 14.5 Å². The van der Waals surface area contributed by atoms with Crippen molar-refractivity contribution in [3.63, 3.8) is 0 Å². The van der Waals surface area contributed by atoms with Crippen molar-refractivity contribution in [1.29, 1.82) is 0 Å². The molecule has 38 heavy (non-hydrogen) atoms. The monoisotopic (exact) mass is 518 g/mol. The van der Waals surface area contributed by atoms with Crippen molar-refractivity contribution in [2.75, 3.05) is 46.0 Å². The van der Waals surface area contributed by atoms with Gasteiger partial charge in [0.1, 0.15) is 17.1 Å². The number of rotatable bonds is 8. The highest BCUT2D eigenvalue weighted by molar-refractivity contribution is 6.46. The normalized spacial score (nSPS) is 20.0. The summed E-state index contributed by atoms with van der Waals surface area (Å²) in [7, 11) is 0. The van der Waals surface area contributed by atoms with E-state index in [9.17, 15) is 14.7 Å². The number of nitrogens with zero attached hydrogens (tertiary/aromatic N) is 4. The fourth-order valence-electron chi connectivity index (χ4n) is 5.36. The van der Waals surface area contributed by atoms with E-state index in [1.54, 1.807) is 4.90 Å². The molecule has 1 N–H and O–H groups in total. The van der Waals surface area contributed by atoms with Crippen LogP contribution in [0.25, 0.3) is 11.4 Å². The van der Waals surface area contributed by atoms with Crippen molar-refractivity contribution in [1.82, 2.24) is 19.2 Å². The summed E-state index contributed by atoms with van der Waals surface area (Å²) < 4.78 is 13.0. The number of ketones is 1. The van der Waals surface area contributed by atoms with E-state index in [0.717, 1.165) is 25.2 Å².